The zero-order valence-corrected chi connectivity index (χ0v) is 7.33. The third-order valence-electron chi connectivity index (χ3n) is 1.52. The molecule has 1 unspecified atom stereocenters. The van der Waals surface area contributed by atoms with Crippen molar-refractivity contribution in [3.05, 3.63) is 12.7 Å². The minimum Gasteiger partial charge on any atom is -0.461 e. The van der Waals surface area contributed by atoms with E-state index in [4.69, 9.17) is 4.74 Å². The van der Waals surface area contributed by atoms with E-state index in [9.17, 15) is 4.79 Å². The second-order valence-electron chi connectivity index (χ2n) is 2.65. The van der Waals surface area contributed by atoms with E-state index in [0.717, 1.165) is 0 Å². The molecule has 0 fully saturated rings. The van der Waals surface area contributed by atoms with Crippen molar-refractivity contribution >= 4 is 5.97 Å². The standard InChI is InChI=1S/C8H15NO2/c1-5-8(10)11-6-7(2)9(3)4/h5,7H,1,6H2,2-4H3. The molecule has 3 nitrogen and oxygen atoms in total. The van der Waals surface area contributed by atoms with Crippen LogP contribution in [-0.4, -0.2) is 37.6 Å². The van der Waals surface area contributed by atoms with Crippen LogP contribution in [-0.2, 0) is 9.53 Å². The topological polar surface area (TPSA) is 29.5 Å². The lowest BCUT2D eigenvalue weighted by molar-refractivity contribution is -0.139. The molecule has 0 aliphatic carbocycles. The van der Waals surface area contributed by atoms with Crippen LogP contribution in [0.3, 0.4) is 0 Å². The van der Waals surface area contributed by atoms with Crippen LogP contribution in [0, 0.1) is 0 Å². The number of ether oxygens (including phenoxy) is 1. The van der Waals surface area contributed by atoms with Gasteiger partial charge in [0, 0.05) is 12.1 Å². The molecule has 3 heteroatoms. The lowest BCUT2D eigenvalue weighted by atomic mass is 10.3. The molecule has 0 radical (unpaired) electrons. The quantitative estimate of drug-likeness (QED) is 0.443. The molecule has 0 aromatic carbocycles. The van der Waals surface area contributed by atoms with Gasteiger partial charge in [-0.25, -0.2) is 4.79 Å². The average molecular weight is 157 g/mol. The van der Waals surface area contributed by atoms with Gasteiger partial charge >= 0.3 is 5.97 Å². The van der Waals surface area contributed by atoms with Crippen molar-refractivity contribution < 1.29 is 9.53 Å². The molecule has 0 saturated carbocycles. The SMILES string of the molecule is C=CC(=O)OCC(C)N(C)C. The summed E-state index contributed by atoms with van der Waals surface area (Å²) in [5.74, 6) is -0.362. The van der Waals surface area contributed by atoms with E-state index >= 15 is 0 Å². The molecule has 0 saturated heterocycles. The first-order chi connectivity index (χ1) is 5.07. The highest BCUT2D eigenvalue weighted by molar-refractivity contribution is 5.81. The molecule has 0 spiro atoms. The number of likely N-dealkylation sites (N-methyl/N-ethyl adjacent to an activating group) is 1. The monoisotopic (exact) mass is 157 g/mol. The van der Waals surface area contributed by atoms with Crippen LogP contribution in [0.4, 0.5) is 0 Å². The number of esters is 1. The summed E-state index contributed by atoms with van der Waals surface area (Å²) in [5.41, 5.74) is 0. The van der Waals surface area contributed by atoms with Crippen molar-refractivity contribution in [1.29, 1.82) is 0 Å². The van der Waals surface area contributed by atoms with Gasteiger partial charge in [-0.3, -0.25) is 0 Å². The minimum atomic E-state index is -0.362. The molecule has 0 bridgehead atoms. The van der Waals surface area contributed by atoms with Gasteiger partial charge in [-0.05, 0) is 21.0 Å². The Morgan fingerprint density at radius 1 is 1.73 bits per heavy atom. The highest BCUT2D eigenvalue weighted by atomic mass is 16.5. The lowest BCUT2D eigenvalue weighted by Gasteiger charge is -2.18. The van der Waals surface area contributed by atoms with Crippen LogP contribution >= 0.6 is 0 Å². The molecule has 0 aromatic heterocycles. The van der Waals surface area contributed by atoms with Gasteiger partial charge in [0.05, 0.1) is 0 Å². The predicted octanol–water partition coefficient (Wildman–Crippen LogP) is 0.666. The summed E-state index contributed by atoms with van der Waals surface area (Å²) in [6.45, 7) is 5.69. The average Bonchev–Trinajstić information content (AvgIpc) is 1.99. The smallest absolute Gasteiger partial charge is 0.330 e. The summed E-state index contributed by atoms with van der Waals surface area (Å²) in [6.07, 6.45) is 1.17. The maximum atomic E-state index is 10.6. The Kier molecular flexibility index (Phi) is 4.54. The lowest BCUT2D eigenvalue weighted by Crippen LogP contribution is -2.30. The third kappa shape index (κ3) is 4.56. The third-order valence-corrected chi connectivity index (χ3v) is 1.52. The van der Waals surface area contributed by atoms with Gasteiger partial charge in [-0.2, -0.15) is 0 Å². The van der Waals surface area contributed by atoms with Crippen molar-refractivity contribution in [2.45, 2.75) is 13.0 Å². The van der Waals surface area contributed by atoms with Crippen LogP contribution in [0.5, 0.6) is 0 Å². The minimum absolute atomic E-state index is 0.249. The first-order valence-electron chi connectivity index (χ1n) is 3.53. The van der Waals surface area contributed by atoms with Crippen LogP contribution < -0.4 is 0 Å². The highest BCUT2D eigenvalue weighted by Crippen LogP contribution is 1.92. The molecule has 0 aliphatic rings. The zero-order chi connectivity index (χ0) is 8.85. The number of carbonyl (C=O) groups is 1. The van der Waals surface area contributed by atoms with Crippen molar-refractivity contribution in [1.82, 2.24) is 4.90 Å². The van der Waals surface area contributed by atoms with E-state index < -0.39 is 0 Å². The molecular weight excluding hydrogens is 142 g/mol. The molecule has 0 amide bonds. The molecule has 0 rings (SSSR count). The zero-order valence-electron chi connectivity index (χ0n) is 7.33. The Labute approximate surface area is 67.6 Å². The number of carbonyl (C=O) groups excluding carboxylic acids is 1. The van der Waals surface area contributed by atoms with Crippen molar-refractivity contribution in [3.63, 3.8) is 0 Å². The normalized spacial score (nSPS) is 12.7. The fourth-order valence-electron chi connectivity index (χ4n) is 0.411. The van der Waals surface area contributed by atoms with E-state index in [1.54, 1.807) is 0 Å². The number of hydrogen-bond donors (Lipinski definition) is 0. The van der Waals surface area contributed by atoms with E-state index in [1.165, 1.54) is 6.08 Å². The van der Waals surface area contributed by atoms with Crippen LogP contribution in [0.1, 0.15) is 6.92 Å². The Morgan fingerprint density at radius 2 is 2.27 bits per heavy atom. The molecule has 0 aliphatic heterocycles. The Hall–Kier alpha value is -0.830. The van der Waals surface area contributed by atoms with Gasteiger partial charge in [-0.15, -0.1) is 0 Å². The van der Waals surface area contributed by atoms with Crippen LogP contribution in [0.15, 0.2) is 12.7 Å². The maximum Gasteiger partial charge on any atom is 0.330 e. The van der Waals surface area contributed by atoms with Gasteiger partial charge in [-0.1, -0.05) is 6.58 Å². The molecule has 0 aromatic rings. The van der Waals surface area contributed by atoms with Crippen LogP contribution in [0.25, 0.3) is 0 Å². The second-order valence-corrected chi connectivity index (χ2v) is 2.65. The van der Waals surface area contributed by atoms with E-state index in [0.29, 0.717) is 6.61 Å². The summed E-state index contributed by atoms with van der Waals surface area (Å²) in [7, 11) is 3.87. The Balaban J connectivity index is 3.53. The maximum absolute atomic E-state index is 10.6. The van der Waals surface area contributed by atoms with Gasteiger partial charge in [0.15, 0.2) is 0 Å². The van der Waals surface area contributed by atoms with E-state index in [2.05, 4.69) is 6.58 Å². The molecule has 64 valence electrons. The summed E-state index contributed by atoms with van der Waals surface area (Å²) in [4.78, 5) is 12.6. The van der Waals surface area contributed by atoms with Crippen molar-refractivity contribution in [2.24, 2.45) is 0 Å². The van der Waals surface area contributed by atoms with Crippen molar-refractivity contribution in [2.75, 3.05) is 20.7 Å². The largest absolute Gasteiger partial charge is 0.461 e. The van der Waals surface area contributed by atoms with Crippen LogP contribution in [0.2, 0.25) is 0 Å². The molecule has 11 heavy (non-hydrogen) atoms. The number of hydrogen-bond acceptors (Lipinski definition) is 3. The van der Waals surface area contributed by atoms with Gasteiger partial charge in [0.2, 0.25) is 0 Å². The fourth-order valence-corrected chi connectivity index (χ4v) is 0.411. The summed E-state index contributed by atoms with van der Waals surface area (Å²) in [5, 5.41) is 0. The fraction of sp³-hybridized carbons (Fsp3) is 0.625. The first-order valence-corrected chi connectivity index (χ1v) is 3.53. The Bertz CT molecular complexity index is 143. The summed E-state index contributed by atoms with van der Waals surface area (Å²) in [6, 6.07) is 0.249. The number of nitrogens with zero attached hydrogens (tertiary/aromatic N) is 1. The summed E-state index contributed by atoms with van der Waals surface area (Å²) < 4.78 is 4.82. The Morgan fingerprint density at radius 3 is 2.64 bits per heavy atom. The van der Waals surface area contributed by atoms with E-state index in [-0.39, 0.29) is 12.0 Å². The molecular formula is C8H15NO2. The summed E-state index contributed by atoms with van der Waals surface area (Å²) >= 11 is 0. The number of rotatable bonds is 4. The van der Waals surface area contributed by atoms with Gasteiger partial charge in [0.25, 0.3) is 0 Å². The molecule has 1 atom stereocenters. The first kappa shape index (κ1) is 10.2. The molecule has 0 heterocycles. The molecule has 0 N–H and O–H groups in total. The van der Waals surface area contributed by atoms with Crippen molar-refractivity contribution in [3.8, 4) is 0 Å². The van der Waals surface area contributed by atoms with Gasteiger partial charge in [0.1, 0.15) is 6.61 Å². The van der Waals surface area contributed by atoms with Gasteiger partial charge < -0.3 is 9.64 Å². The highest BCUT2D eigenvalue weighted by Gasteiger charge is 2.05. The van der Waals surface area contributed by atoms with E-state index in [1.807, 2.05) is 25.9 Å². The predicted molar refractivity (Wildman–Crippen MR) is 44.3 cm³/mol. The second kappa shape index (κ2) is 4.91.